The molecule has 0 fully saturated rings. The van der Waals surface area contributed by atoms with Crippen molar-refractivity contribution >= 4 is 17.7 Å². The fourth-order valence-electron chi connectivity index (χ4n) is 1.51. The number of nitrogens with two attached hydrogens (primary N) is 1. The number of carboxylic acid groups (broad SMARTS) is 1. The molecule has 0 saturated heterocycles. The van der Waals surface area contributed by atoms with Crippen molar-refractivity contribution in [3.8, 4) is 11.5 Å². The third-order valence-corrected chi connectivity index (χ3v) is 3.68. The van der Waals surface area contributed by atoms with Gasteiger partial charge in [0.05, 0.1) is 14.2 Å². The topological polar surface area (TPSA) is 81.8 Å². The average molecular weight is 285 g/mol. The highest BCUT2D eigenvalue weighted by Crippen LogP contribution is 2.27. The van der Waals surface area contributed by atoms with E-state index in [-0.39, 0.29) is 0 Å². The normalized spacial score (nSPS) is 11.9. The van der Waals surface area contributed by atoms with E-state index in [1.807, 2.05) is 18.2 Å². The first-order valence-electron chi connectivity index (χ1n) is 5.85. The van der Waals surface area contributed by atoms with E-state index < -0.39 is 12.0 Å². The average Bonchev–Trinajstić information content (AvgIpc) is 2.42. The maximum absolute atomic E-state index is 10.6. The van der Waals surface area contributed by atoms with E-state index in [9.17, 15) is 4.79 Å². The molecule has 0 aromatic heterocycles. The molecule has 0 aliphatic heterocycles. The summed E-state index contributed by atoms with van der Waals surface area (Å²) in [5.41, 5.74) is 6.46. The van der Waals surface area contributed by atoms with Crippen molar-refractivity contribution in [1.29, 1.82) is 0 Å². The number of methoxy groups -OCH3 is 2. The number of hydrogen-bond acceptors (Lipinski definition) is 5. The molecule has 0 radical (unpaired) electrons. The van der Waals surface area contributed by atoms with Gasteiger partial charge in [-0.15, -0.1) is 0 Å². The summed E-state index contributed by atoms with van der Waals surface area (Å²) in [7, 11) is 3.24. The zero-order valence-corrected chi connectivity index (χ0v) is 11.9. The molecule has 3 N–H and O–H groups in total. The van der Waals surface area contributed by atoms with E-state index in [4.69, 9.17) is 20.3 Å². The van der Waals surface area contributed by atoms with E-state index in [0.29, 0.717) is 12.2 Å². The summed E-state index contributed by atoms with van der Waals surface area (Å²) < 4.78 is 10.4. The van der Waals surface area contributed by atoms with Gasteiger partial charge >= 0.3 is 5.97 Å². The predicted molar refractivity (Wildman–Crippen MR) is 75.9 cm³/mol. The summed E-state index contributed by atoms with van der Waals surface area (Å²) in [6.45, 7) is 0. The molecule has 19 heavy (non-hydrogen) atoms. The Morgan fingerprint density at radius 2 is 2.16 bits per heavy atom. The van der Waals surface area contributed by atoms with Gasteiger partial charge in [0.2, 0.25) is 0 Å². The predicted octanol–water partition coefficient (Wildman–Crippen LogP) is 1.74. The maximum atomic E-state index is 10.6. The minimum Gasteiger partial charge on any atom is -0.497 e. The van der Waals surface area contributed by atoms with Gasteiger partial charge in [0.15, 0.2) is 0 Å². The molecule has 106 valence electrons. The lowest BCUT2D eigenvalue weighted by Gasteiger charge is -2.11. The first-order valence-corrected chi connectivity index (χ1v) is 7.01. The smallest absolute Gasteiger partial charge is 0.320 e. The lowest BCUT2D eigenvalue weighted by atomic mass is 10.2. The summed E-state index contributed by atoms with van der Waals surface area (Å²) >= 11 is 1.62. The minimum atomic E-state index is -0.959. The quantitative estimate of drug-likeness (QED) is 0.708. The van der Waals surface area contributed by atoms with E-state index >= 15 is 0 Å². The Morgan fingerprint density at radius 1 is 1.42 bits per heavy atom. The minimum absolute atomic E-state index is 0.451. The second-order valence-electron chi connectivity index (χ2n) is 3.96. The molecule has 1 atom stereocenters. The third kappa shape index (κ3) is 5.00. The van der Waals surface area contributed by atoms with Crippen LogP contribution >= 0.6 is 11.8 Å². The standard InChI is InChI=1S/C13H19NO4S/c1-17-10-3-4-12(18-2)9(7-10)8-19-6-5-11(14)13(15)16/h3-4,7,11H,5-6,8,14H2,1-2H3,(H,15,16). The second kappa shape index (κ2) is 7.91. The zero-order chi connectivity index (χ0) is 14.3. The molecular formula is C13H19NO4S. The molecule has 0 heterocycles. The van der Waals surface area contributed by atoms with Crippen LogP contribution in [-0.2, 0) is 10.5 Å². The number of carboxylic acids is 1. The van der Waals surface area contributed by atoms with Crippen molar-refractivity contribution in [2.24, 2.45) is 5.73 Å². The molecule has 0 aliphatic carbocycles. The number of ether oxygens (including phenoxy) is 2. The van der Waals surface area contributed by atoms with Crippen molar-refractivity contribution in [1.82, 2.24) is 0 Å². The van der Waals surface area contributed by atoms with Gasteiger partial charge in [0.25, 0.3) is 0 Å². The van der Waals surface area contributed by atoms with Crippen molar-refractivity contribution in [2.75, 3.05) is 20.0 Å². The Bertz CT molecular complexity index is 425. The number of carbonyl (C=O) groups is 1. The van der Waals surface area contributed by atoms with E-state index in [1.165, 1.54) is 0 Å². The van der Waals surface area contributed by atoms with Gasteiger partial charge in [0.1, 0.15) is 17.5 Å². The Morgan fingerprint density at radius 3 is 2.74 bits per heavy atom. The van der Waals surface area contributed by atoms with Crippen LogP contribution in [0.3, 0.4) is 0 Å². The van der Waals surface area contributed by atoms with Crippen molar-refractivity contribution < 1.29 is 19.4 Å². The monoisotopic (exact) mass is 285 g/mol. The van der Waals surface area contributed by atoms with Crippen LogP contribution in [0.4, 0.5) is 0 Å². The molecule has 1 unspecified atom stereocenters. The van der Waals surface area contributed by atoms with Gasteiger partial charge < -0.3 is 20.3 Å². The van der Waals surface area contributed by atoms with Crippen LogP contribution < -0.4 is 15.2 Å². The molecule has 0 aliphatic rings. The van der Waals surface area contributed by atoms with Gasteiger partial charge in [-0.2, -0.15) is 11.8 Å². The lowest BCUT2D eigenvalue weighted by molar-refractivity contribution is -0.138. The summed E-state index contributed by atoms with van der Waals surface area (Å²) in [6, 6.07) is 4.83. The Hall–Kier alpha value is -1.40. The molecule has 6 heteroatoms. The Labute approximate surface area is 117 Å². The lowest BCUT2D eigenvalue weighted by Crippen LogP contribution is -2.30. The molecule has 0 spiro atoms. The SMILES string of the molecule is COc1ccc(OC)c(CSCCC(N)C(=O)O)c1. The van der Waals surface area contributed by atoms with Gasteiger partial charge in [-0.05, 0) is 30.4 Å². The van der Waals surface area contributed by atoms with Crippen LogP contribution in [0.5, 0.6) is 11.5 Å². The first-order chi connectivity index (χ1) is 9.08. The van der Waals surface area contributed by atoms with Crippen LogP contribution in [0, 0.1) is 0 Å². The van der Waals surface area contributed by atoms with E-state index in [2.05, 4.69) is 0 Å². The molecular weight excluding hydrogens is 266 g/mol. The summed E-state index contributed by atoms with van der Waals surface area (Å²) in [6.07, 6.45) is 0.451. The van der Waals surface area contributed by atoms with Gasteiger partial charge in [0, 0.05) is 11.3 Å². The maximum Gasteiger partial charge on any atom is 0.320 e. The van der Waals surface area contributed by atoms with Crippen LogP contribution in [0.2, 0.25) is 0 Å². The fourth-order valence-corrected chi connectivity index (χ4v) is 2.52. The molecule has 0 saturated carbocycles. The van der Waals surface area contributed by atoms with E-state index in [1.54, 1.807) is 26.0 Å². The van der Waals surface area contributed by atoms with Gasteiger partial charge in [-0.1, -0.05) is 0 Å². The largest absolute Gasteiger partial charge is 0.497 e. The van der Waals surface area contributed by atoms with Crippen LogP contribution in [0.1, 0.15) is 12.0 Å². The van der Waals surface area contributed by atoms with Gasteiger partial charge in [-0.25, -0.2) is 0 Å². The Balaban J connectivity index is 2.50. The number of hydrogen-bond donors (Lipinski definition) is 2. The highest BCUT2D eigenvalue weighted by molar-refractivity contribution is 7.98. The zero-order valence-electron chi connectivity index (χ0n) is 11.1. The number of thioether (sulfide) groups is 1. The molecule has 1 aromatic carbocycles. The number of aliphatic carboxylic acids is 1. The van der Waals surface area contributed by atoms with Gasteiger partial charge in [-0.3, -0.25) is 4.79 Å². The van der Waals surface area contributed by atoms with Crippen molar-refractivity contribution in [2.45, 2.75) is 18.2 Å². The number of benzene rings is 1. The number of rotatable bonds is 8. The second-order valence-corrected chi connectivity index (χ2v) is 5.07. The van der Waals surface area contributed by atoms with Crippen LogP contribution in [0.15, 0.2) is 18.2 Å². The van der Waals surface area contributed by atoms with Crippen LogP contribution in [-0.4, -0.2) is 37.1 Å². The molecule has 1 rings (SSSR count). The molecule has 5 nitrogen and oxygen atoms in total. The first kappa shape index (κ1) is 15.7. The molecule has 1 aromatic rings. The van der Waals surface area contributed by atoms with Crippen LogP contribution in [0.25, 0.3) is 0 Å². The van der Waals surface area contributed by atoms with E-state index in [0.717, 1.165) is 22.8 Å². The fraction of sp³-hybridized carbons (Fsp3) is 0.462. The molecule has 0 amide bonds. The molecule has 0 bridgehead atoms. The third-order valence-electron chi connectivity index (χ3n) is 2.64. The summed E-state index contributed by atoms with van der Waals surface area (Å²) in [4.78, 5) is 10.6. The summed E-state index contributed by atoms with van der Waals surface area (Å²) in [5.74, 6) is 2.04. The highest BCUT2D eigenvalue weighted by Gasteiger charge is 2.11. The van der Waals surface area contributed by atoms with Crippen molar-refractivity contribution in [3.05, 3.63) is 23.8 Å². The van der Waals surface area contributed by atoms with Crippen molar-refractivity contribution in [3.63, 3.8) is 0 Å². The highest BCUT2D eigenvalue weighted by atomic mass is 32.2. The Kier molecular flexibility index (Phi) is 6.52. The summed E-state index contributed by atoms with van der Waals surface area (Å²) in [5, 5.41) is 8.68.